The fourth-order valence-electron chi connectivity index (χ4n) is 2.34. The van der Waals surface area contributed by atoms with Crippen molar-refractivity contribution >= 4 is 11.6 Å². The Hall–Kier alpha value is -2.46. The Morgan fingerprint density at radius 1 is 1.04 bits per heavy atom. The molecular weight excluding hydrogens is 310 g/mol. The third-order valence-corrected chi connectivity index (χ3v) is 3.69. The van der Waals surface area contributed by atoms with Gasteiger partial charge in [-0.15, -0.1) is 0 Å². The lowest BCUT2D eigenvalue weighted by molar-refractivity contribution is 0.399. The molecule has 2 heterocycles. The average Bonchev–Trinajstić information content (AvgIpc) is 2.57. The maximum atomic E-state index is 6.10. The van der Waals surface area contributed by atoms with Gasteiger partial charge in [-0.2, -0.15) is 0 Å². The molecule has 0 aliphatic rings. The molecule has 0 N–H and O–H groups in total. The van der Waals surface area contributed by atoms with Crippen molar-refractivity contribution in [3.8, 4) is 17.0 Å². The lowest BCUT2D eigenvalue weighted by Crippen LogP contribution is -1.98. The van der Waals surface area contributed by atoms with Gasteiger partial charge in [-0.3, -0.25) is 9.97 Å². The molecule has 0 bridgehead atoms. The summed E-state index contributed by atoms with van der Waals surface area (Å²) in [5.74, 6) is 0.575. The first-order valence-electron chi connectivity index (χ1n) is 7.22. The zero-order valence-corrected chi connectivity index (χ0v) is 13.7. The molecule has 0 spiro atoms. The van der Waals surface area contributed by atoms with Gasteiger partial charge in [0.05, 0.1) is 18.5 Å². The summed E-state index contributed by atoms with van der Waals surface area (Å²) < 4.78 is 5.38. The summed E-state index contributed by atoms with van der Waals surface area (Å²) >= 11 is 6.10. The summed E-state index contributed by atoms with van der Waals surface area (Å²) in [7, 11) is 1.61. The lowest BCUT2D eigenvalue weighted by atomic mass is 10.0. The highest BCUT2D eigenvalue weighted by Crippen LogP contribution is 2.30. The van der Waals surface area contributed by atoms with E-state index in [1.807, 2.05) is 31.2 Å². The number of methoxy groups -OCH3 is 1. The van der Waals surface area contributed by atoms with E-state index >= 15 is 0 Å². The van der Waals surface area contributed by atoms with E-state index in [9.17, 15) is 0 Å². The van der Waals surface area contributed by atoms with E-state index < -0.39 is 0 Å². The summed E-state index contributed by atoms with van der Waals surface area (Å²) in [6.45, 7) is 1.92. The van der Waals surface area contributed by atoms with Gasteiger partial charge in [-0.05, 0) is 36.2 Å². The topological polar surface area (TPSA) is 47.9 Å². The second-order valence-electron chi connectivity index (χ2n) is 5.24. The maximum Gasteiger partial charge on any atom is 0.221 e. The van der Waals surface area contributed by atoms with Crippen LogP contribution in [0.3, 0.4) is 0 Å². The third-order valence-electron chi connectivity index (χ3n) is 3.46. The number of aryl methyl sites for hydroxylation is 1. The first-order chi connectivity index (χ1) is 11.2. The molecule has 0 fully saturated rings. The van der Waals surface area contributed by atoms with E-state index in [1.165, 1.54) is 0 Å². The van der Waals surface area contributed by atoms with Crippen molar-refractivity contribution in [2.45, 2.75) is 13.3 Å². The number of hydrogen-bond acceptors (Lipinski definition) is 4. The first-order valence-corrected chi connectivity index (χ1v) is 7.60. The molecule has 3 aromatic rings. The highest BCUT2D eigenvalue weighted by Gasteiger charge is 2.10. The smallest absolute Gasteiger partial charge is 0.221 e. The lowest BCUT2D eigenvalue weighted by Gasteiger charge is -2.10. The van der Waals surface area contributed by atoms with Crippen LogP contribution in [0.2, 0.25) is 5.02 Å². The zero-order valence-electron chi connectivity index (χ0n) is 13.0. The van der Waals surface area contributed by atoms with Gasteiger partial charge in [0, 0.05) is 35.6 Å². The number of hydrogen-bond donors (Lipinski definition) is 0. The minimum Gasteiger partial charge on any atom is -0.481 e. The zero-order chi connectivity index (χ0) is 16.2. The van der Waals surface area contributed by atoms with Gasteiger partial charge in [0.2, 0.25) is 5.88 Å². The molecule has 0 aliphatic carbocycles. The molecule has 1 aromatic carbocycles. The molecule has 0 atom stereocenters. The van der Waals surface area contributed by atoms with Crippen molar-refractivity contribution < 1.29 is 4.74 Å². The van der Waals surface area contributed by atoms with Crippen molar-refractivity contribution in [1.29, 1.82) is 0 Å². The van der Waals surface area contributed by atoms with Crippen LogP contribution in [0.4, 0.5) is 0 Å². The van der Waals surface area contributed by atoms with Gasteiger partial charge in [0.15, 0.2) is 0 Å². The Morgan fingerprint density at radius 3 is 2.61 bits per heavy atom. The summed E-state index contributed by atoms with van der Waals surface area (Å²) in [5.41, 5.74) is 4.73. The molecule has 0 radical (unpaired) electrons. The number of pyridine rings is 1. The van der Waals surface area contributed by atoms with Crippen molar-refractivity contribution in [3.05, 3.63) is 70.9 Å². The number of rotatable bonds is 4. The summed E-state index contributed by atoms with van der Waals surface area (Å²) in [6, 6.07) is 9.70. The molecule has 0 saturated carbocycles. The van der Waals surface area contributed by atoms with Crippen LogP contribution in [0.25, 0.3) is 11.1 Å². The van der Waals surface area contributed by atoms with E-state index in [0.717, 1.165) is 28.1 Å². The quantitative estimate of drug-likeness (QED) is 0.724. The van der Waals surface area contributed by atoms with Gasteiger partial charge in [0.25, 0.3) is 0 Å². The Bertz CT molecular complexity index is 819. The Kier molecular flexibility index (Phi) is 4.53. The highest BCUT2D eigenvalue weighted by molar-refractivity contribution is 6.30. The van der Waals surface area contributed by atoms with Crippen LogP contribution < -0.4 is 4.74 Å². The minimum atomic E-state index is 0.575. The molecule has 23 heavy (non-hydrogen) atoms. The largest absolute Gasteiger partial charge is 0.481 e. The van der Waals surface area contributed by atoms with Gasteiger partial charge >= 0.3 is 0 Å². The molecular formula is C18H16ClN3O. The van der Waals surface area contributed by atoms with Crippen LogP contribution >= 0.6 is 11.6 Å². The molecule has 0 aliphatic heterocycles. The first kappa shape index (κ1) is 15.4. The van der Waals surface area contributed by atoms with Gasteiger partial charge in [0.1, 0.15) is 0 Å². The second kappa shape index (κ2) is 6.75. The van der Waals surface area contributed by atoms with E-state index in [-0.39, 0.29) is 0 Å². The predicted molar refractivity (Wildman–Crippen MR) is 90.8 cm³/mol. The number of nitrogens with zero attached hydrogens (tertiary/aromatic N) is 3. The Labute approximate surface area is 140 Å². The molecule has 4 nitrogen and oxygen atoms in total. The minimum absolute atomic E-state index is 0.575. The fourth-order valence-corrected chi connectivity index (χ4v) is 2.53. The highest BCUT2D eigenvalue weighted by atomic mass is 35.5. The monoisotopic (exact) mass is 325 g/mol. The normalized spacial score (nSPS) is 10.6. The number of ether oxygens (including phenoxy) is 1. The summed E-state index contributed by atoms with van der Waals surface area (Å²) in [4.78, 5) is 13.1. The van der Waals surface area contributed by atoms with Crippen LogP contribution in [0.5, 0.6) is 5.88 Å². The Morgan fingerprint density at radius 2 is 1.91 bits per heavy atom. The molecule has 0 saturated heterocycles. The van der Waals surface area contributed by atoms with E-state index in [0.29, 0.717) is 17.3 Å². The van der Waals surface area contributed by atoms with Crippen molar-refractivity contribution in [1.82, 2.24) is 15.0 Å². The summed E-state index contributed by atoms with van der Waals surface area (Å²) in [6.07, 6.45) is 6.02. The van der Waals surface area contributed by atoms with E-state index in [1.54, 1.807) is 25.7 Å². The second-order valence-corrected chi connectivity index (χ2v) is 5.67. The van der Waals surface area contributed by atoms with Gasteiger partial charge in [-0.1, -0.05) is 23.7 Å². The molecule has 3 rings (SSSR count). The van der Waals surface area contributed by atoms with Crippen molar-refractivity contribution in [3.63, 3.8) is 0 Å². The standard InChI is InChI=1S/C18H16ClN3O/c1-12-9-21-16(11-20-12)6-13-7-17(18(23-2)22-10-13)14-4-3-5-15(19)8-14/h3-5,7-11H,6H2,1-2H3. The van der Waals surface area contributed by atoms with Crippen LogP contribution in [-0.4, -0.2) is 22.1 Å². The molecule has 2 aromatic heterocycles. The van der Waals surface area contributed by atoms with Crippen molar-refractivity contribution in [2.24, 2.45) is 0 Å². The SMILES string of the molecule is COc1ncc(Cc2cnc(C)cn2)cc1-c1cccc(Cl)c1. The fraction of sp³-hybridized carbons (Fsp3) is 0.167. The van der Waals surface area contributed by atoms with Crippen LogP contribution in [0.15, 0.2) is 48.9 Å². The van der Waals surface area contributed by atoms with Crippen LogP contribution in [0.1, 0.15) is 17.0 Å². The van der Waals surface area contributed by atoms with Gasteiger partial charge in [-0.25, -0.2) is 4.98 Å². The van der Waals surface area contributed by atoms with Crippen LogP contribution in [0, 0.1) is 6.92 Å². The van der Waals surface area contributed by atoms with Crippen molar-refractivity contribution in [2.75, 3.05) is 7.11 Å². The molecule has 0 amide bonds. The predicted octanol–water partition coefficient (Wildman–Crippen LogP) is 4.10. The number of halogens is 1. The third kappa shape index (κ3) is 3.66. The molecule has 116 valence electrons. The van der Waals surface area contributed by atoms with Crippen LogP contribution in [-0.2, 0) is 6.42 Å². The van der Waals surface area contributed by atoms with E-state index in [4.69, 9.17) is 16.3 Å². The number of benzene rings is 1. The number of aromatic nitrogens is 3. The maximum absolute atomic E-state index is 6.10. The summed E-state index contributed by atoms with van der Waals surface area (Å²) in [5, 5.41) is 0.680. The van der Waals surface area contributed by atoms with Gasteiger partial charge < -0.3 is 4.74 Å². The molecule has 5 heteroatoms. The Balaban J connectivity index is 1.97. The average molecular weight is 326 g/mol. The van der Waals surface area contributed by atoms with E-state index in [2.05, 4.69) is 21.0 Å². The molecule has 0 unspecified atom stereocenters.